The molecule has 3 aromatic rings. The van der Waals surface area contributed by atoms with E-state index in [0.29, 0.717) is 12.1 Å². The summed E-state index contributed by atoms with van der Waals surface area (Å²) in [6.45, 7) is 0.458. The molecule has 0 saturated heterocycles. The van der Waals surface area contributed by atoms with Gasteiger partial charge in [-0.15, -0.1) is 0 Å². The number of hydrogen-bond acceptors (Lipinski definition) is 4. The van der Waals surface area contributed by atoms with Crippen molar-refractivity contribution in [3.63, 3.8) is 0 Å². The number of carbonyl (C=O) groups excluding carboxylic acids is 1. The van der Waals surface area contributed by atoms with Crippen LogP contribution in [-0.2, 0) is 6.54 Å². The van der Waals surface area contributed by atoms with Crippen molar-refractivity contribution >= 4 is 16.9 Å². The molecule has 5 nitrogen and oxygen atoms in total. The molecule has 1 aliphatic carbocycles. The first-order valence-corrected chi connectivity index (χ1v) is 8.62. The molecule has 132 valence electrons. The van der Waals surface area contributed by atoms with Crippen molar-refractivity contribution in [1.82, 2.24) is 4.90 Å². The number of nitrogens with zero attached hydrogens (tertiary/aromatic N) is 1. The van der Waals surface area contributed by atoms with Gasteiger partial charge in [-0.2, -0.15) is 0 Å². The van der Waals surface area contributed by atoms with Crippen molar-refractivity contribution < 1.29 is 13.9 Å². The van der Waals surface area contributed by atoms with Crippen LogP contribution in [0.2, 0.25) is 0 Å². The lowest BCUT2D eigenvalue weighted by molar-refractivity contribution is 0.0726. The molecule has 0 spiro atoms. The molecule has 26 heavy (non-hydrogen) atoms. The van der Waals surface area contributed by atoms with E-state index in [1.54, 1.807) is 30.2 Å². The number of carbonyl (C=O) groups is 1. The van der Waals surface area contributed by atoms with Gasteiger partial charge in [0.25, 0.3) is 5.91 Å². The fourth-order valence-corrected chi connectivity index (χ4v) is 3.05. The molecule has 0 unspecified atom stereocenters. The maximum atomic E-state index is 13.1. The number of fused-ring (bicyclic) bond motifs is 1. The van der Waals surface area contributed by atoms with Gasteiger partial charge in [0.15, 0.2) is 0 Å². The first kappa shape index (κ1) is 16.4. The predicted molar refractivity (Wildman–Crippen MR) is 98.4 cm³/mol. The van der Waals surface area contributed by atoms with Gasteiger partial charge in [0.1, 0.15) is 16.9 Å². The summed E-state index contributed by atoms with van der Waals surface area (Å²) in [6.07, 6.45) is 1.92. The van der Waals surface area contributed by atoms with Crippen molar-refractivity contribution in [3.8, 4) is 5.75 Å². The molecule has 5 heteroatoms. The Bertz CT molecular complexity index is 1000. The highest BCUT2D eigenvalue weighted by atomic mass is 16.5. The maximum Gasteiger partial charge on any atom is 0.349 e. The summed E-state index contributed by atoms with van der Waals surface area (Å²) in [5.74, 6) is 0.496. The second-order valence-electron chi connectivity index (χ2n) is 6.50. The summed E-state index contributed by atoms with van der Waals surface area (Å²) in [4.78, 5) is 27.2. The fraction of sp³-hybridized carbons (Fsp3) is 0.238. The fourth-order valence-electron chi connectivity index (χ4n) is 3.05. The predicted octanol–water partition coefficient (Wildman–Crippen LogP) is 3.61. The molecule has 0 bridgehead atoms. The van der Waals surface area contributed by atoms with Gasteiger partial charge < -0.3 is 14.1 Å². The Kier molecular flexibility index (Phi) is 4.21. The molecule has 2 aromatic carbocycles. The van der Waals surface area contributed by atoms with Gasteiger partial charge in [-0.3, -0.25) is 4.79 Å². The van der Waals surface area contributed by atoms with Crippen LogP contribution in [0.25, 0.3) is 11.0 Å². The van der Waals surface area contributed by atoms with E-state index in [1.807, 2.05) is 36.4 Å². The van der Waals surface area contributed by atoms with Crippen molar-refractivity contribution in [2.75, 3.05) is 7.11 Å². The lowest BCUT2D eigenvalue weighted by Gasteiger charge is -2.22. The number of ether oxygens (including phenoxy) is 1. The Balaban J connectivity index is 1.65. The molecular formula is C21H19NO4. The van der Waals surface area contributed by atoms with E-state index in [9.17, 15) is 9.59 Å². The third kappa shape index (κ3) is 3.20. The van der Waals surface area contributed by atoms with Crippen molar-refractivity contribution in [3.05, 3.63) is 76.1 Å². The zero-order valence-corrected chi connectivity index (χ0v) is 14.5. The first-order valence-electron chi connectivity index (χ1n) is 8.62. The van der Waals surface area contributed by atoms with Gasteiger partial charge in [-0.05, 0) is 42.7 Å². The smallest absolute Gasteiger partial charge is 0.349 e. The first-order chi connectivity index (χ1) is 12.7. The molecule has 1 aromatic heterocycles. The molecular weight excluding hydrogens is 330 g/mol. The SMILES string of the molecule is COc1ccc(CN(C(=O)c2cc3ccccc3oc2=O)C2CC2)cc1. The molecule has 4 rings (SSSR count). The van der Waals surface area contributed by atoms with Crippen LogP contribution in [0.15, 0.2) is 63.8 Å². The molecule has 1 fully saturated rings. The monoisotopic (exact) mass is 349 g/mol. The van der Waals surface area contributed by atoms with Crippen molar-refractivity contribution in [2.45, 2.75) is 25.4 Å². The van der Waals surface area contributed by atoms with E-state index in [1.165, 1.54) is 0 Å². The lowest BCUT2D eigenvalue weighted by atomic mass is 10.1. The Morgan fingerprint density at radius 3 is 2.58 bits per heavy atom. The van der Waals surface area contributed by atoms with Crippen LogP contribution in [0.1, 0.15) is 28.8 Å². The number of rotatable bonds is 5. The molecule has 1 aliphatic rings. The van der Waals surface area contributed by atoms with Crippen molar-refractivity contribution in [1.29, 1.82) is 0 Å². The Morgan fingerprint density at radius 1 is 1.15 bits per heavy atom. The van der Waals surface area contributed by atoms with Crippen LogP contribution in [-0.4, -0.2) is 24.0 Å². The van der Waals surface area contributed by atoms with E-state index in [-0.39, 0.29) is 17.5 Å². The van der Waals surface area contributed by atoms with Crippen LogP contribution < -0.4 is 10.4 Å². The second kappa shape index (κ2) is 6.67. The Hall–Kier alpha value is -3.08. The van der Waals surface area contributed by atoms with Gasteiger partial charge in [0, 0.05) is 18.0 Å². The summed E-state index contributed by atoms with van der Waals surface area (Å²) in [5.41, 5.74) is 0.983. The molecule has 0 atom stereocenters. The average molecular weight is 349 g/mol. The zero-order valence-electron chi connectivity index (χ0n) is 14.5. The highest BCUT2D eigenvalue weighted by Gasteiger charge is 2.34. The number of para-hydroxylation sites is 1. The van der Waals surface area contributed by atoms with Gasteiger partial charge in [-0.25, -0.2) is 4.79 Å². The molecule has 0 aliphatic heterocycles. The number of methoxy groups -OCH3 is 1. The van der Waals surface area contributed by atoms with Crippen LogP contribution in [0.4, 0.5) is 0 Å². The largest absolute Gasteiger partial charge is 0.497 e. The molecule has 0 N–H and O–H groups in total. The van der Waals surface area contributed by atoms with Gasteiger partial charge in [-0.1, -0.05) is 30.3 Å². The zero-order chi connectivity index (χ0) is 18.1. The second-order valence-corrected chi connectivity index (χ2v) is 6.50. The normalized spacial score (nSPS) is 13.6. The van der Waals surface area contributed by atoms with E-state index in [0.717, 1.165) is 29.5 Å². The van der Waals surface area contributed by atoms with E-state index >= 15 is 0 Å². The summed E-state index contributed by atoms with van der Waals surface area (Å²) in [6, 6.07) is 16.6. The van der Waals surface area contributed by atoms with E-state index in [4.69, 9.17) is 9.15 Å². The standard InChI is InChI=1S/C21H19NO4/c1-25-17-10-6-14(7-11-17)13-22(16-8-9-16)20(23)18-12-15-4-2-3-5-19(15)26-21(18)24/h2-7,10-12,16H,8-9,13H2,1H3. The number of hydrogen-bond donors (Lipinski definition) is 0. The van der Waals surface area contributed by atoms with Crippen LogP contribution in [0.3, 0.4) is 0 Å². The van der Waals surface area contributed by atoms with Gasteiger partial charge in [0.05, 0.1) is 7.11 Å². The topological polar surface area (TPSA) is 59.8 Å². The minimum Gasteiger partial charge on any atom is -0.497 e. The minimum atomic E-state index is -0.589. The summed E-state index contributed by atoms with van der Waals surface area (Å²) >= 11 is 0. The number of benzene rings is 2. The van der Waals surface area contributed by atoms with Crippen LogP contribution in [0.5, 0.6) is 5.75 Å². The van der Waals surface area contributed by atoms with Gasteiger partial charge in [0.2, 0.25) is 0 Å². The van der Waals surface area contributed by atoms with Crippen LogP contribution in [0, 0.1) is 0 Å². The maximum absolute atomic E-state index is 13.1. The Labute approximate surface area is 150 Å². The summed E-state index contributed by atoms with van der Waals surface area (Å²) in [7, 11) is 1.62. The third-order valence-electron chi connectivity index (χ3n) is 4.63. The van der Waals surface area contributed by atoms with E-state index < -0.39 is 5.63 Å². The Morgan fingerprint density at radius 2 is 1.88 bits per heavy atom. The summed E-state index contributed by atoms with van der Waals surface area (Å²) < 4.78 is 10.5. The average Bonchev–Trinajstić information content (AvgIpc) is 3.50. The van der Waals surface area contributed by atoms with Gasteiger partial charge >= 0.3 is 5.63 Å². The molecule has 1 heterocycles. The third-order valence-corrected chi connectivity index (χ3v) is 4.63. The lowest BCUT2D eigenvalue weighted by Crippen LogP contribution is -2.35. The highest BCUT2D eigenvalue weighted by molar-refractivity contribution is 5.97. The highest BCUT2D eigenvalue weighted by Crippen LogP contribution is 2.30. The quantitative estimate of drug-likeness (QED) is 0.660. The molecule has 1 saturated carbocycles. The van der Waals surface area contributed by atoms with Crippen LogP contribution >= 0.6 is 0 Å². The minimum absolute atomic E-state index is 0.0871. The molecule has 1 amide bonds. The number of amides is 1. The van der Waals surface area contributed by atoms with E-state index in [2.05, 4.69) is 0 Å². The van der Waals surface area contributed by atoms with Crippen molar-refractivity contribution in [2.24, 2.45) is 0 Å². The summed E-state index contributed by atoms with van der Waals surface area (Å²) in [5, 5.41) is 0.746. The molecule has 0 radical (unpaired) electrons.